The van der Waals surface area contributed by atoms with E-state index in [1.165, 1.54) is 43.6 Å². The van der Waals surface area contributed by atoms with Gasteiger partial charge in [0, 0.05) is 23.5 Å². The Balaban J connectivity index is 1.49. The predicted octanol–water partition coefficient (Wildman–Crippen LogP) is 5.48. The van der Waals surface area contributed by atoms with Gasteiger partial charge in [-0.1, -0.05) is 35.3 Å². The summed E-state index contributed by atoms with van der Waals surface area (Å²) in [6, 6.07) is 11.0. The van der Waals surface area contributed by atoms with Crippen LogP contribution in [0, 0.1) is 5.82 Å². The summed E-state index contributed by atoms with van der Waals surface area (Å²) in [5.74, 6) is -1.26. The smallest absolute Gasteiger partial charge is 0.338 e. The van der Waals surface area contributed by atoms with E-state index in [9.17, 15) is 14.0 Å². The number of rotatable bonds is 5. The summed E-state index contributed by atoms with van der Waals surface area (Å²) in [7, 11) is 1.25. The molecule has 0 spiro atoms. The molecule has 5 rings (SSSR count). The van der Waals surface area contributed by atoms with Crippen molar-refractivity contribution in [1.82, 2.24) is 15.3 Å². The highest BCUT2D eigenvalue weighted by molar-refractivity contribution is 6.42. The normalized spacial score (nSPS) is 15.0. The van der Waals surface area contributed by atoms with Crippen molar-refractivity contribution in [3.8, 4) is 0 Å². The maximum absolute atomic E-state index is 13.6. The first kappa shape index (κ1) is 26.1. The fourth-order valence-corrected chi connectivity index (χ4v) is 4.38. The lowest BCUT2D eigenvalue weighted by molar-refractivity contribution is -0.113. The topological polar surface area (TPSA) is 131 Å². The number of guanidine groups is 1. The van der Waals surface area contributed by atoms with Crippen LogP contribution < -0.4 is 16.0 Å². The molecule has 0 fully saturated rings. The molecule has 3 N–H and O–H groups in total. The molecule has 0 radical (unpaired) electrons. The second kappa shape index (κ2) is 10.7. The number of esters is 1. The number of carbonyl (C=O) groups excluding carboxylic acids is 2. The molecule has 3 heterocycles. The van der Waals surface area contributed by atoms with Crippen LogP contribution >= 0.6 is 23.2 Å². The number of amides is 1. The van der Waals surface area contributed by atoms with Crippen molar-refractivity contribution in [1.29, 1.82) is 0 Å². The van der Waals surface area contributed by atoms with E-state index in [-0.39, 0.29) is 44.6 Å². The lowest BCUT2D eigenvalue weighted by Crippen LogP contribution is -2.37. The summed E-state index contributed by atoms with van der Waals surface area (Å²) in [6.45, 7) is 1.68. The Morgan fingerprint density at radius 1 is 1.15 bits per heavy atom. The van der Waals surface area contributed by atoms with E-state index in [1.54, 1.807) is 25.1 Å². The van der Waals surface area contributed by atoms with Crippen LogP contribution in [0.2, 0.25) is 10.0 Å². The minimum absolute atomic E-state index is 0.0577. The molecule has 2 aromatic carbocycles. The SMILES string of the molecule is COC(=O)c1ccnc(NC(=O)C2=C(C)NC(Nc3nc4ccc(F)cc4o3)=NC2c2cccc(Cl)c2Cl)c1. The Morgan fingerprint density at radius 2 is 1.97 bits per heavy atom. The van der Waals surface area contributed by atoms with Crippen LogP contribution in [0.15, 0.2) is 75.4 Å². The van der Waals surface area contributed by atoms with E-state index in [2.05, 4.69) is 30.9 Å². The number of carbonyl (C=O) groups is 2. The van der Waals surface area contributed by atoms with Gasteiger partial charge in [-0.05, 0) is 37.3 Å². The van der Waals surface area contributed by atoms with Gasteiger partial charge < -0.3 is 19.8 Å². The fraction of sp³-hybridized carbons (Fsp3) is 0.115. The zero-order valence-corrected chi connectivity index (χ0v) is 21.9. The van der Waals surface area contributed by atoms with E-state index in [0.717, 1.165) is 0 Å². The van der Waals surface area contributed by atoms with Crippen LogP contribution in [0.25, 0.3) is 11.1 Å². The average Bonchev–Trinajstić information content (AvgIpc) is 3.30. The van der Waals surface area contributed by atoms with Crippen molar-refractivity contribution in [2.75, 3.05) is 17.7 Å². The predicted molar refractivity (Wildman–Crippen MR) is 144 cm³/mol. The van der Waals surface area contributed by atoms with Gasteiger partial charge in [0.15, 0.2) is 5.58 Å². The zero-order valence-electron chi connectivity index (χ0n) is 20.4. The summed E-state index contributed by atoms with van der Waals surface area (Å²) in [5, 5.41) is 9.14. The first-order valence-corrected chi connectivity index (χ1v) is 12.2. The Kier molecular flexibility index (Phi) is 7.18. The van der Waals surface area contributed by atoms with Crippen LogP contribution in [0.5, 0.6) is 0 Å². The molecule has 1 aliphatic heterocycles. The van der Waals surface area contributed by atoms with Crippen LogP contribution in [0.3, 0.4) is 0 Å². The van der Waals surface area contributed by atoms with Crippen LogP contribution in [-0.2, 0) is 9.53 Å². The summed E-state index contributed by atoms with van der Waals surface area (Å²) in [5.41, 5.74) is 2.01. The number of nitrogens with zero attached hydrogens (tertiary/aromatic N) is 3. The Bertz CT molecular complexity index is 1690. The van der Waals surface area contributed by atoms with E-state index in [4.69, 9.17) is 32.4 Å². The molecular formula is C26H19Cl2FN6O4. The minimum atomic E-state index is -0.912. The first-order chi connectivity index (χ1) is 18.7. The molecule has 10 nitrogen and oxygen atoms in total. The summed E-state index contributed by atoms with van der Waals surface area (Å²) in [6.07, 6.45) is 1.37. The zero-order chi connectivity index (χ0) is 27.7. The number of halogens is 3. The third-order valence-electron chi connectivity index (χ3n) is 5.76. The number of hydrogen-bond donors (Lipinski definition) is 3. The van der Waals surface area contributed by atoms with Crippen molar-refractivity contribution in [2.24, 2.45) is 4.99 Å². The number of fused-ring (bicyclic) bond motifs is 1. The summed E-state index contributed by atoms with van der Waals surface area (Å²) in [4.78, 5) is 38.5. The molecule has 198 valence electrons. The fourth-order valence-electron chi connectivity index (χ4n) is 3.97. The monoisotopic (exact) mass is 568 g/mol. The molecule has 2 aromatic heterocycles. The van der Waals surface area contributed by atoms with E-state index >= 15 is 0 Å². The highest BCUT2D eigenvalue weighted by atomic mass is 35.5. The number of aromatic nitrogens is 2. The molecule has 39 heavy (non-hydrogen) atoms. The van der Waals surface area contributed by atoms with E-state index in [0.29, 0.717) is 16.8 Å². The van der Waals surface area contributed by atoms with Gasteiger partial charge in [0.25, 0.3) is 5.91 Å². The number of oxazole rings is 1. The summed E-state index contributed by atoms with van der Waals surface area (Å²) >= 11 is 12.8. The molecule has 0 saturated heterocycles. The maximum atomic E-state index is 13.6. The van der Waals surface area contributed by atoms with Gasteiger partial charge >= 0.3 is 12.0 Å². The summed E-state index contributed by atoms with van der Waals surface area (Å²) < 4.78 is 23.9. The van der Waals surface area contributed by atoms with Gasteiger partial charge in [0.1, 0.15) is 23.2 Å². The highest BCUT2D eigenvalue weighted by Gasteiger charge is 2.32. The lowest BCUT2D eigenvalue weighted by Gasteiger charge is -2.27. The van der Waals surface area contributed by atoms with Gasteiger partial charge in [-0.3, -0.25) is 10.1 Å². The van der Waals surface area contributed by atoms with Gasteiger partial charge in [0.05, 0.1) is 28.3 Å². The van der Waals surface area contributed by atoms with Gasteiger partial charge in [-0.2, -0.15) is 4.98 Å². The molecule has 1 aliphatic rings. The van der Waals surface area contributed by atoms with E-state index < -0.39 is 23.7 Å². The largest absolute Gasteiger partial charge is 0.465 e. The highest BCUT2D eigenvalue weighted by Crippen LogP contribution is 2.38. The first-order valence-electron chi connectivity index (χ1n) is 11.4. The van der Waals surface area contributed by atoms with Gasteiger partial charge in [-0.15, -0.1) is 0 Å². The van der Waals surface area contributed by atoms with Crippen molar-refractivity contribution in [2.45, 2.75) is 13.0 Å². The number of hydrogen-bond acceptors (Lipinski definition) is 9. The lowest BCUT2D eigenvalue weighted by atomic mass is 9.95. The van der Waals surface area contributed by atoms with Gasteiger partial charge in [0.2, 0.25) is 5.96 Å². The van der Waals surface area contributed by atoms with Gasteiger partial charge in [-0.25, -0.2) is 19.2 Å². The maximum Gasteiger partial charge on any atom is 0.338 e. The van der Waals surface area contributed by atoms with Crippen molar-refractivity contribution >= 4 is 64.0 Å². The second-order valence-corrected chi connectivity index (χ2v) is 9.10. The third kappa shape index (κ3) is 5.40. The van der Waals surface area contributed by atoms with Crippen LogP contribution in [-0.4, -0.2) is 34.9 Å². The van der Waals surface area contributed by atoms with E-state index in [1.807, 2.05) is 0 Å². The molecule has 1 atom stereocenters. The molecule has 0 saturated carbocycles. The molecule has 0 aliphatic carbocycles. The Labute approximate surface area is 230 Å². The third-order valence-corrected chi connectivity index (χ3v) is 6.59. The number of pyridine rings is 1. The Morgan fingerprint density at radius 3 is 2.77 bits per heavy atom. The number of methoxy groups -OCH3 is 1. The van der Waals surface area contributed by atoms with Crippen LogP contribution in [0.4, 0.5) is 16.2 Å². The number of allylic oxidation sites excluding steroid dienone is 1. The van der Waals surface area contributed by atoms with Crippen LogP contribution in [0.1, 0.15) is 28.9 Å². The molecule has 13 heteroatoms. The number of aliphatic imine (C=N–C) groups is 1. The second-order valence-electron chi connectivity index (χ2n) is 8.32. The Hall–Kier alpha value is -4.48. The van der Waals surface area contributed by atoms with Crippen molar-refractivity contribution in [3.05, 3.63) is 93.0 Å². The number of ether oxygens (including phenoxy) is 1. The number of benzene rings is 2. The van der Waals surface area contributed by atoms with Crippen molar-refractivity contribution in [3.63, 3.8) is 0 Å². The molecule has 1 unspecified atom stereocenters. The molecule has 4 aromatic rings. The molecule has 0 bridgehead atoms. The number of nitrogens with one attached hydrogen (secondary N) is 3. The quantitative estimate of drug-likeness (QED) is 0.270. The average molecular weight is 569 g/mol. The number of anilines is 2. The minimum Gasteiger partial charge on any atom is -0.465 e. The molecular weight excluding hydrogens is 550 g/mol. The van der Waals surface area contributed by atoms with Crippen molar-refractivity contribution < 1.29 is 23.1 Å². The standard InChI is InChI=1S/C26H19Cl2FN6O4/c1-12-20(23(36)33-19-10-13(8-9-30-19)24(37)38-2)22(15-4-3-5-16(27)21(15)28)34-25(31-12)35-26-32-17-7-6-14(29)11-18(17)39-26/h3-11,22H,1-2H3,(H,30,33,36)(H2,31,32,34,35). The molecule has 1 amide bonds.